The van der Waals surface area contributed by atoms with Crippen molar-refractivity contribution in [3.05, 3.63) is 35.5 Å². The largest absolute Gasteiger partial charge is 0.371 e. The van der Waals surface area contributed by atoms with E-state index < -0.39 is 11.6 Å². The molecule has 1 saturated heterocycles. The molecule has 0 bridgehead atoms. The number of nitrogens with zero attached hydrogens (tertiary/aromatic N) is 3. The van der Waals surface area contributed by atoms with Crippen LogP contribution >= 0.6 is 0 Å². The number of amides is 1. The normalized spacial score (nSPS) is 15.8. The van der Waals surface area contributed by atoms with E-state index >= 15 is 0 Å². The van der Waals surface area contributed by atoms with Crippen molar-refractivity contribution in [3.8, 4) is 0 Å². The lowest BCUT2D eigenvalue weighted by molar-refractivity contribution is -0.133. The van der Waals surface area contributed by atoms with Crippen LogP contribution in [0, 0.1) is 24.5 Å². The average molecular weight is 333 g/mol. The maximum Gasteiger partial charge on any atom is 0.225 e. The van der Waals surface area contributed by atoms with E-state index in [2.05, 4.69) is 9.88 Å². The zero-order valence-corrected chi connectivity index (χ0v) is 14.1. The van der Waals surface area contributed by atoms with Crippen molar-refractivity contribution in [2.24, 2.45) is 5.92 Å². The molecule has 24 heavy (non-hydrogen) atoms. The van der Waals surface area contributed by atoms with Crippen molar-refractivity contribution >= 4 is 22.5 Å². The van der Waals surface area contributed by atoms with Gasteiger partial charge in [0.15, 0.2) is 11.6 Å². The lowest BCUT2D eigenvalue weighted by Crippen LogP contribution is -2.40. The molecule has 0 radical (unpaired) electrons. The second-order valence-electron chi connectivity index (χ2n) is 6.53. The van der Waals surface area contributed by atoms with E-state index in [0.29, 0.717) is 24.2 Å². The Hall–Kier alpha value is -2.24. The van der Waals surface area contributed by atoms with Crippen LogP contribution in [0.5, 0.6) is 0 Å². The summed E-state index contributed by atoms with van der Waals surface area (Å²) in [5.41, 5.74) is 1.57. The third kappa shape index (κ3) is 2.92. The van der Waals surface area contributed by atoms with Crippen molar-refractivity contribution in [2.75, 3.05) is 32.1 Å². The van der Waals surface area contributed by atoms with Crippen LogP contribution in [0.25, 0.3) is 10.9 Å². The van der Waals surface area contributed by atoms with Gasteiger partial charge in [-0.3, -0.25) is 4.79 Å². The number of anilines is 1. The predicted octanol–water partition coefficient (Wildman–Crippen LogP) is 3.13. The number of aromatic nitrogens is 1. The predicted molar refractivity (Wildman–Crippen MR) is 90.0 cm³/mol. The molecule has 0 N–H and O–H groups in total. The first-order chi connectivity index (χ1) is 11.4. The smallest absolute Gasteiger partial charge is 0.225 e. The highest BCUT2D eigenvalue weighted by Gasteiger charge is 2.27. The minimum Gasteiger partial charge on any atom is -0.371 e. The molecule has 3 rings (SSSR count). The van der Waals surface area contributed by atoms with Gasteiger partial charge in [0.2, 0.25) is 5.91 Å². The van der Waals surface area contributed by atoms with E-state index in [0.717, 1.165) is 24.6 Å². The van der Waals surface area contributed by atoms with E-state index in [1.807, 2.05) is 6.07 Å². The molecule has 2 heterocycles. The first-order valence-electron chi connectivity index (χ1n) is 8.10. The number of carbonyl (C=O) groups is 1. The molecule has 0 saturated carbocycles. The maximum atomic E-state index is 14.1. The van der Waals surface area contributed by atoms with Gasteiger partial charge < -0.3 is 9.80 Å². The highest BCUT2D eigenvalue weighted by atomic mass is 19.2. The van der Waals surface area contributed by atoms with Gasteiger partial charge in [-0.15, -0.1) is 0 Å². The molecule has 0 atom stereocenters. The van der Waals surface area contributed by atoms with E-state index in [-0.39, 0.29) is 17.3 Å². The molecule has 0 aliphatic carbocycles. The van der Waals surface area contributed by atoms with E-state index in [9.17, 15) is 13.6 Å². The molecule has 6 heteroatoms. The standard InChI is InChI=1S/C18H21F2N3O/c1-11-10-15(13-4-5-14(19)16(20)17(13)21-11)23-8-6-12(7-9-23)18(24)22(2)3/h4-5,10,12H,6-9H2,1-3H3. The van der Waals surface area contributed by atoms with Crippen LogP contribution < -0.4 is 4.90 Å². The quantitative estimate of drug-likeness (QED) is 0.847. The van der Waals surface area contributed by atoms with Crippen molar-refractivity contribution < 1.29 is 13.6 Å². The van der Waals surface area contributed by atoms with Crippen LogP contribution in [-0.4, -0.2) is 43.0 Å². The van der Waals surface area contributed by atoms with Gasteiger partial charge in [-0.05, 0) is 38.0 Å². The SMILES string of the molecule is Cc1cc(N2CCC(C(=O)N(C)C)CC2)c2ccc(F)c(F)c2n1. The number of aryl methyl sites for hydroxylation is 1. The Bertz CT molecular complexity index is 783. The summed E-state index contributed by atoms with van der Waals surface area (Å²) in [6.07, 6.45) is 1.51. The topological polar surface area (TPSA) is 36.4 Å². The third-order valence-corrected chi connectivity index (χ3v) is 4.60. The van der Waals surface area contributed by atoms with Crippen LogP contribution in [0.3, 0.4) is 0 Å². The zero-order valence-electron chi connectivity index (χ0n) is 14.1. The van der Waals surface area contributed by atoms with Gasteiger partial charge in [0.05, 0.1) is 0 Å². The molecule has 1 fully saturated rings. The Balaban J connectivity index is 1.91. The first kappa shape index (κ1) is 16.6. The zero-order chi connectivity index (χ0) is 17.4. The number of halogens is 2. The highest BCUT2D eigenvalue weighted by Crippen LogP contribution is 2.32. The van der Waals surface area contributed by atoms with Gasteiger partial charge in [0, 0.05) is 49.9 Å². The molecule has 0 spiro atoms. The van der Waals surface area contributed by atoms with Crippen LogP contribution in [-0.2, 0) is 4.79 Å². The Morgan fingerprint density at radius 2 is 1.92 bits per heavy atom. The minimum atomic E-state index is -0.907. The van der Waals surface area contributed by atoms with Crippen molar-refractivity contribution in [1.82, 2.24) is 9.88 Å². The molecule has 1 amide bonds. The van der Waals surface area contributed by atoms with Crippen molar-refractivity contribution in [2.45, 2.75) is 19.8 Å². The Labute approximate surface area is 140 Å². The molecule has 1 aromatic heterocycles. The first-order valence-corrected chi connectivity index (χ1v) is 8.10. The maximum absolute atomic E-state index is 14.1. The number of benzene rings is 1. The summed E-state index contributed by atoms with van der Waals surface area (Å²) in [4.78, 5) is 20.0. The molecule has 2 aromatic rings. The van der Waals surface area contributed by atoms with E-state index in [1.54, 1.807) is 32.0 Å². The molecule has 1 aromatic carbocycles. The summed E-state index contributed by atoms with van der Waals surface area (Å²) in [5.74, 6) is -1.62. The fraction of sp³-hybridized carbons (Fsp3) is 0.444. The van der Waals surface area contributed by atoms with E-state index in [4.69, 9.17) is 0 Å². The summed E-state index contributed by atoms with van der Waals surface area (Å²) in [6.45, 7) is 3.19. The van der Waals surface area contributed by atoms with Crippen molar-refractivity contribution in [3.63, 3.8) is 0 Å². The van der Waals surface area contributed by atoms with Crippen molar-refractivity contribution in [1.29, 1.82) is 0 Å². The summed E-state index contributed by atoms with van der Waals surface area (Å²) >= 11 is 0. The molecule has 1 aliphatic heterocycles. The summed E-state index contributed by atoms with van der Waals surface area (Å²) in [7, 11) is 3.54. The molecule has 4 nitrogen and oxygen atoms in total. The van der Waals surface area contributed by atoms with Crippen LogP contribution in [0.1, 0.15) is 18.5 Å². The number of carbonyl (C=O) groups excluding carboxylic acids is 1. The van der Waals surface area contributed by atoms with Crippen LogP contribution in [0.2, 0.25) is 0 Å². The minimum absolute atomic E-state index is 0.0274. The number of piperidine rings is 1. The number of pyridine rings is 1. The van der Waals surface area contributed by atoms with Crippen LogP contribution in [0.4, 0.5) is 14.5 Å². The van der Waals surface area contributed by atoms with E-state index in [1.165, 1.54) is 0 Å². The second kappa shape index (κ2) is 6.34. The summed E-state index contributed by atoms with van der Waals surface area (Å²) in [5, 5.41) is 0.608. The summed E-state index contributed by atoms with van der Waals surface area (Å²) < 4.78 is 27.6. The number of hydrogen-bond acceptors (Lipinski definition) is 3. The van der Waals surface area contributed by atoms with Gasteiger partial charge in [-0.25, -0.2) is 13.8 Å². The number of hydrogen-bond donors (Lipinski definition) is 0. The highest BCUT2D eigenvalue weighted by molar-refractivity contribution is 5.92. The molecular formula is C18H21F2N3O. The van der Waals surface area contributed by atoms with Gasteiger partial charge in [-0.2, -0.15) is 0 Å². The number of fused-ring (bicyclic) bond motifs is 1. The van der Waals surface area contributed by atoms with Gasteiger partial charge in [-0.1, -0.05) is 0 Å². The average Bonchev–Trinajstić information content (AvgIpc) is 2.57. The lowest BCUT2D eigenvalue weighted by atomic mass is 9.94. The Morgan fingerprint density at radius 3 is 2.54 bits per heavy atom. The molecule has 128 valence electrons. The third-order valence-electron chi connectivity index (χ3n) is 4.60. The molecular weight excluding hydrogens is 312 g/mol. The molecule has 1 aliphatic rings. The fourth-order valence-corrected chi connectivity index (χ4v) is 3.33. The lowest BCUT2D eigenvalue weighted by Gasteiger charge is -2.34. The van der Waals surface area contributed by atoms with Gasteiger partial charge in [0.1, 0.15) is 5.52 Å². The van der Waals surface area contributed by atoms with Gasteiger partial charge in [0.25, 0.3) is 0 Å². The van der Waals surface area contributed by atoms with Gasteiger partial charge >= 0.3 is 0 Å². The fourth-order valence-electron chi connectivity index (χ4n) is 3.33. The number of rotatable bonds is 2. The van der Waals surface area contributed by atoms with Crippen LogP contribution in [0.15, 0.2) is 18.2 Å². The second-order valence-corrected chi connectivity index (χ2v) is 6.53. The monoisotopic (exact) mass is 333 g/mol. The summed E-state index contributed by atoms with van der Waals surface area (Å²) in [6, 6.07) is 4.61. The molecule has 0 unspecified atom stereocenters. The Morgan fingerprint density at radius 1 is 1.25 bits per heavy atom. The Kier molecular flexibility index (Phi) is 4.39.